The van der Waals surface area contributed by atoms with E-state index in [4.69, 9.17) is 5.73 Å². The topological polar surface area (TPSA) is 26.0 Å². The van der Waals surface area contributed by atoms with E-state index in [2.05, 4.69) is 31.2 Å². The summed E-state index contributed by atoms with van der Waals surface area (Å²) in [6.45, 7) is 3.02. The van der Waals surface area contributed by atoms with E-state index in [1.165, 1.54) is 49.7 Å². The van der Waals surface area contributed by atoms with Crippen LogP contribution in [0.5, 0.6) is 0 Å². The van der Waals surface area contributed by atoms with Gasteiger partial charge in [-0.15, -0.1) is 0 Å². The lowest BCUT2D eigenvalue weighted by atomic mass is 9.73. The summed E-state index contributed by atoms with van der Waals surface area (Å²) < 4.78 is 0. The summed E-state index contributed by atoms with van der Waals surface area (Å²) in [5, 5.41) is 0. The summed E-state index contributed by atoms with van der Waals surface area (Å²) in [7, 11) is 0. The van der Waals surface area contributed by atoms with Crippen molar-refractivity contribution in [2.45, 2.75) is 50.9 Å². The molecule has 0 saturated heterocycles. The van der Waals surface area contributed by atoms with E-state index >= 15 is 0 Å². The molecule has 2 rings (SSSR count). The molecule has 0 aromatic heterocycles. The highest BCUT2D eigenvalue weighted by Gasteiger charge is 2.32. The summed E-state index contributed by atoms with van der Waals surface area (Å²) in [4.78, 5) is 0. The van der Waals surface area contributed by atoms with Crippen molar-refractivity contribution in [3.8, 4) is 0 Å². The predicted octanol–water partition coefficient (Wildman–Crippen LogP) is 3.55. The van der Waals surface area contributed by atoms with Crippen molar-refractivity contribution >= 4 is 0 Å². The summed E-state index contributed by atoms with van der Waals surface area (Å²) >= 11 is 0. The lowest BCUT2D eigenvalue weighted by Crippen LogP contribution is -2.35. The van der Waals surface area contributed by atoms with Gasteiger partial charge in [-0.05, 0) is 30.9 Å². The molecule has 1 aliphatic rings. The molecule has 0 unspecified atom stereocenters. The van der Waals surface area contributed by atoms with E-state index in [0.29, 0.717) is 0 Å². The van der Waals surface area contributed by atoms with Crippen LogP contribution in [0.3, 0.4) is 0 Å². The summed E-state index contributed by atoms with van der Waals surface area (Å²) in [5.41, 5.74) is 9.29. The molecule has 1 aromatic rings. The third-order valence-electron chi connectivity index (χ3n) is 4.17. The fourth-order valence-electron chi connectivity index (χ4n) is 3.16. The Bertz CT molecular complexity index is 335. The maximum Gasteiger partial charge on any atom is 0.00781 e. The van der Waals surface area contributed by atoms with Gasteiger partial charge in [0, 0.05) is 12.0 Å². The maximum absolute atomic E-state index is 6.11. The Morgan fingerprint density at radius 3 is 2.25 bits per heavy atom. The summed E-state index contributed by atoms with van der Waals surface area (Å²) in [6, 6.07) is 8.79. The van der Waals surface area contributed by atoms with Crippen LogP contribution in [-0.2, 0) is 5.41 Å². The van der Waals surface area contributed by atoms with Crippen LogP contribution in [0.1, 0.15) is 49.7 Å². The first-order valence-corrected chi connectivity index (χ1v) is 6.55. The minimum Gasteiger partial charge on any atom is -0.330 e. The third kappa shape index (κ3) is 2.15. The number of aryl methyl sites for hydroxylation is 1. The first-order valence-electron chi connectivity index (χ1n) is 6.55. The highest BCUT2D eigenvalue weighted by molar-refractivity contribution is 5.34. The molecule has 0 aliphatic heterocycles. The van der Waals surface area contributed by atoms with E-state index < -0.39 is 0 Å². The zero-order chi connectivity index (χ0) is 11.4. The Morgan fingerprint density at radius 2 is 1.69 bits per heavy atom. The van der Waals surface area contributed by atoms with Gasteiger partial charge in [0.25, 0.3) is 0 Å². The Kier molecular flexibility index (Phi) is 3.65. The van der Waals surface area contributed by atoms with Crippen molar-refractivity contribution in [1.82, 2.24) is 0 Å². The molecule has 0 atom stereocenters. The van der Waals surface area contributed by atoms with Gasteiger partial charge in [-0.3, -0.25) is 0 Å². The highest BCUT2D eigenvalue weighted by atomic mass is 14.6. The SMILES string of the molecule is Cc1ccccc1C1(CN)CCCCCC1. The van der Waals surface area contributed by atoms with Crippen molar-refractivity contribution in [2.24, 2.45) is 5.73 Å². The molecule has 1 aromatic carbocycles. The smallest absolute Gasteiger partial charge is 0.00781 e. The molecule has 0 amide bonds. The second kappa shape index (κ2) is 5.01. The monoisotopic (exact) mass is 217 g/mol. The Labute approximate surface area is 99.0 Å². The van der Waals surface area contributed by atoms with Gasteiger partial charge in [-0.25, -0.2) is 0 Å². The third-order valence-corrected chi connectivity index (χ3v) is 4.17. The zero-order valence-electron chi connectivity index (χ0n) is 10.3. The molecule has 0 bridgehead atoms. The maximum atomic E-state index is 6.11. The predicted molar refractivity (Wildman–Crippen MR) is 69.6 cm³/mol. The average Bonchev–Trinajstić information content (AvgIpc) is 2.56. The van der Waals surface area contributed by atoms with Crippen molar-refractivity contribution < 1.29 is 0 Å². The average molecular weight is 217 g/mol. The van der Waals surface area contributed by atoms with Gasteiger partial charge in [0.1, 0.15) is 0 Å². The van der Waals surface area contributed by atoms with Gasteiger partial charge in [0.2, 0.25) is 0 Å². The second-order valence-electron chi connectivity index (χ2n) is 5.21. The molecule has 0 radical (unpaired) electrons. The van der Waals surface area contributed by atoms with Crippen LogP contribution in [0, 0.1) is 6.92 Å². The largest absolute Gasteiger partial charge is 0.330 e. The van der Waals surface area contributed by atoms with E-state index in [1.54, 1.807) is 0 Å². The Balaban J connectivity index is 2.36. The molecule has 16 heavy (non-hydrogen) atoms. The minimum atomic E-state index is 0.266. The molecule has 88 valence electrons. The lowest BCUT2D eigenvalue weighted by molar-refractivity contribution is 0.379. The molecule has 2 N–H and O–H groups in total. The van der Waals surface area contributed by atoms with Crippen LogP contribution in [0.15, 0.2) is 24.3 Å². The molecule has 1 aliphatic carbocycles. The highest BCUT2D eigenvalue weighted by Crippen LogP contribution is 2.38. The summed E-state index contributed by atoms with van der Waals surface area (Å²) in [6.07, 6.45) is 7.99. The molecule has 1 saturated carbocycles. The van der Waals surface area contributed by atoms with E-state index in [1.807, 2.05) is 0 Å². The van der Waals surface area contributed by atoms with Gasteiger partial charge in [-0.2, -0.15) is 0 Å². The summed E-state index contributed by atoms with van der Waals surface area (Å²) in [5.74, 6) is 0. The van der Waals surface area contributed by atoms with E-state index in [9.17, 15) is 0 Å². The second-order valence-corrected chi connectivity index (χ2v) is 5.21. The number of nitrogens with two attached hydrogens (primary N) is 1. The zero-order valence-corrected chi connectivity index (χ0v) is 10.3. The van der Waals surface area contributed by atoms with Gasteiger partial charge in [-0.1, -0.05) is 49.9 Å². The fraction of sp³-hybridized carbons (Fsp3) is 0.600. The first-order chi connectivity index (χ1) is 7.78. The van der Waals surface area contributed by atoms with Crippen molar-refractivity contribution in [3.05, 3.63) is 35.4 Å². The van der Waals surface area contributed by atoms with Crippen LogP contribution >= 0.6 is 0 Å². The molecule has 1 nitrogen and oxygen atoms in total. The van der Waals surface area contributed by atoms with Gasteiger partial charge >= 0.3 is 0 Å². The van der Waals surface area contributed by atoms with Crippen LogP contribution in [0.4, 0.5) is 0 Å². The number of rotatable bonds is 2. The first kappa shape index (κ1) is 11.7. The molecule has 0 heterocycles. The van der Waals surface area contributed by atoms with Gasteiger partial charge in [0.15, 0.2) is 0 Å². The number of hydrogen-bond acceptors (Lipinski definition) is 1. The van der Waals surface area contributed by atoms with Crippen molar-refractivity contribution in [3.63, 3.8) is 0 Å². The quantitative estimate of drug-likeness (QED) is 0.753. The number of benzene rings is 1. The molecule has 1 heteroatoms. The standard InChI is InChI=1S/C15H23N/c1-13-8-4-5-9-14(13)15(12-16)10-6-2-3-7-11-15/h4-5,8-9H,2-3,6-7,10-12,16H2,1H3. The Morgan fingerprint density at radius 1 is 1.06 bits per heavy atom. The molecular formula is C15H23N. The van der Waals surface area contributed by atoms with Gasteiger partial charge in [0.05, 0.1) is 0 Å². The Hall–Kier alpha value is -0.820. The van der Waals surface area contributed by atoms with Crippen molar-refractivity contribution in [2.75, 3.05) is 6.54 Å². The van der Waals surface area contributed by atoms with Crippen LogP contribution in [0.25, 0.3) is 0 Å². The lowest BCUT2D eigenvalue weighted by Gasteiger charge is -2.33. The number of hydrogen-bond donors (Lipinski definition) is 1. The fourth-order valence-corrected chi connectivity index (χ4v) is 3.16. The van der Waals surface area contributed by atoms with Crippen LogP contribution < -0.4 is 5.73 Å². The van der Waals surface area contributed by atoms with Gasteiger partial charge < -0.3 is 5.73 Å². The molecular weight excluding hydrogens is 194 g/mol. The van der Waals surface area contributed by atoms with Crippen LogP contribution in [0.2, 0.25) is 0 Å². The van der Waals surface area contributed by atoms with E-state index in [-0.39, 0.29) is 5.41 Å². The minimum absolute atomic E-state index is 0.266. The molecule has 0 spiro atoms. The van der Waals surface area contributed by atoms with E-state index in [0.717, 1.165) is 6.54 Å². The van der Waals surface area contributed by atoms with Crippen molar-refractivity contribution in [1.29, 1.82) is 0 Å². The molecule has 1 fully saturated rings. The normalized spacial score (nSPS) is 20.4. The van der Waals surface area contributed by atoms with Crippen LogP contribution in [-0.4, -0.2) is 6.54 Å².